The Bertz CT molecular complexity index is 602. The zero-order chi connectivity index (χ0) is 20.1. The zero-order valence-corrected chi connectivity index (χ0v) is 17.9. The average molecular weight is 400 g/mol. The first kappa shape index (κ1) is 23.7. The van der Waals surface area contributed by atoms with Gasteiger partial charge >= 0.3 is 13.8 Å². The number of phosphoric acid groups is 1. The molecule has 0 amide bonds. The molecule has 7 heteroatoms. The Morgan fingerprint density at radius 1 is 0.926 bits per heavy atom. The average Bonchev–Trinajstić information content (AvgIpc) is 2.62. The Balaban J connectivity index is 2.98. The molecule has 0 aliphatic rings. The number of hydrogen-bond acceptors (Lipinski definition) is 6. The summed E-state index contributed by atoms with van der Waals surface area (Å²) in [6.45, 7) is 8.77. The van der Waals surface area contributed by atoms with E-state index in [1.54, 1.807) is 18.2 Å². The lowest BCUT2D eigenvalue weighted by Gasteiger charge is -2.20. The van der Waals surface area contributed by atoms with Gasteiger partial charge in [-0.15, -0.1) is 0 Å². The lowest BCUT2D eigenvalue weighted by atomic mass is 10.1. The predicted octanol–water partition coefficient (Wildman–Crippen LogP) is 6.07. The van der Waals surface area contributed by atoms with Crippen LogP contribution in [0.25, 0.3) is 0 Å². The Kier molecular flexibility index (Phi) is 11.3. The minimum Gasteiger partial charge on any atom is -0.462 e. The fourth-order valence-electron chi connectivity index (χ4n) is 2.11. The van der Waals surface area contributed by atoms with E-state index in [0.29, 0.717) is 6.61 Å². The number of benzene rings is 1. The summed E-state index contributed by atoms with van der Waals surface area (Å²) in [5.41, 5.74) is 1.08. The van der Waals surface area contributed by atoms with E-state index in [0.717, 1.165) is 44.1 Å². The van der Waals surface area contributed by atoms with E-state index in [1.165, 1.54) is 0 Å². The Morgan fingerprint density at radius 3 is 2.04 bits per heavy atom. The highest BCUT2D eigenvalue weighted by atomic mass is 31.2. The van der Waals surface area contributed by atoms with Gasteiger partial charge in [-0.25, -0.2) is 9.36 Å². The van der Waals surface area contributed by atoms with Gasteiger partial charge in [0.2, 0.25) is 0 Å². The van der Waals surface area contributed by atoms with E-state index in [9.17, 15) is 9.36 Å². The van der Waals surface area contributed by atoms with Gasteiger partial charge in [0.25, 0.3) is 0 Å². The Hall–Kier alpha value is -1.36. The SMILES string of the molecule is CCCCOC(=O)c1ccc(C)cc1OP(=O)(OCCCC)OCCCC. The lowest BCUT2D eigenvalue weighted by molar-refractivity contribution is 0.0497. The maximum Gasteiger partial charge on any atom is 0.530 e. The molecule has 0 bridgehead atoms. The van der Waals surface area contributed by atoms with E-state index >= 15 is 0 Å². The number of unbranched alkanes of at least 4 members (excludes halogenated alkanes) is 3. The van der Waals surface area contributed by atoms with Crippen molar-refractivity contribution in [3.8, 4) is 5.75 Å². The van der Waals surface area contributed by atoms with E-state index in [-0.39, 0.29) is 24.5 Å². The number of rotatable bonds is 14. The molecule has 154 valence electrons. The lowest BCUT2D eigenvalue weighted by Crippen LogP contribution is -2.11. The third-order valence-corrected chi connectivity index (χ3v) is 5.21. The standard InChI is InChI=1S/C20H33O6P/c1-5-8-13-23-20(21)18-12-11-17(4)16-19(18)26-27(22,24-14-9-6-2)25-15-10-7-3/h11-12,16H,5-10,13-15H2,1-4H3. The molecule has 0 atom stereocenters. The molecule has 1 rings (SSSR count). The highest BCUT2D eigenvalue weighted by Crippen LogP contribution is 2.50. The number of aryl methyl sites for hydroxylation is 1. The smallest absolute Gasteiger partial charge is 0.462 e. The Labute approximate surface area is 163 Å². The molecule has 6 nitrogen and oxygen atoms in total. The molecule has 0 aliphatic heterocycles. The largest absolute Gasteiger partial charge is 0.530 e. The number of esters is 1. The minimum atomic E-state index is -3.83. The molecule has 1 aromatic carbocycles. The molecule has 0 aromatic heterocycles. The van der Waals surface area contributed by atoms with Crippen molar-refractivity contribution in [1.29, 1.82) is 0 Å². The minimum absolute atomic E-state index is 0.160. The molecule has 0 N–H and O–H groups in total. The van der Waals surface area contributed by atoms with Crippen molar-refractivity contribution in [2.75, 3.05) is 19.8 Å². The van der Waals surface area contributed by atoms with Crippen LogP contribution in [0, 0.1) is 6.92 Å². The first-order valence-electron chi connectivity index (χ1n) is 9.82. The van der Waals surface area contributed by atoms with Crippen LogP contribution in [-0.2, 0) is 18.3 Å². The van der Waals surface area contributed by atoms with E-state index in [2.05, 4.69) is 0 Å². The van der Waals surface area contributed by atoms with Crippen LogP contribution in [0.3, 0.4) is 0 Å². The zero-order valence-electron chi connectivity index (χ0n) is 17.0. The predicted molar refractivity (Wildman–Crippen MR) is 106 cm³/mol. The Morgan fingerprint density at radius 2 is 1.48 bits per heavy atom. The van der Waals surface area contributed by atoms with Gasteiger partial charge in [-0.05, 0) is 43.9 Å². The van der Waals surface area contributed by atoms with Crippen molar-refractivity contribution >= 4 is 13.8 Å². The van der Waals surface area contributed by atoms with Gasteiger partial charge in [0.1, 0.15) is 11.3 Å². The van der Waals surface area contributed by atoms with Crippen LogP contribution >= 0.6 is 7.82 Å². The molecule has 0 saturated heterocycles. The number of hydrogen-bond donors (Lipinski definition) is 0. The second-order valence-electron chi connectivity index (χ2n) is 6.40. The second kappa shape index (κ2) is 12.9. The quantitative estimate of drug-likeness (QED) is 0.214. The summed E-state index contributed by atoms with van der Waals surface area (Å²) in [5.74, 6) is -0.347. The fourth-order valence-corrected chi connectivity index (χ4v) is 3.39. The van der Waals surface area contributed by atoms with Crippen molar-refractivity contribution in [3.05, 3.63) is 29.3 Å². The number of phosphoric ester groups is 1. The molecular weight excluding hydrogens is 367 g/mol. The highest BCUT2D eigenvalue weighted by molar-refractivity contribution is 7.48. The van der Waals surface area contributed by atoms with Crippen LogP contribution in [0.5, 0.6) is 5.75 Å². The van der Waals surface area contributed by atoms with E-state index in [4.69, 9.17) is 18.3 Å². The monoisotopic (exact) mass is 400 g/mol. The van der Waals surface area contributed by atoms with Gasteiger partial charge in [-0.3, -0.25) is 9.05 Å². The highest BCUT2D eigenvalue weighted by Gasteiger charge is 2.30. The maximum atomic E-state index is 13.1. The molecule has 0 aliphatic carbocycles. The second-order valence-corrected chi connectivity index (χ2v) is 7.99. The summed E-state index contributed by atoms with van der Waals surface area (Å²) >= 11 is 0. The molecule has 0 spiro atoms. The molecule has 1 aromatic rings. The maximum absolute atomic E-state index is 13.1. The van der Waals surface area contributed by atoms with Crippen molar-refractivity contribution in [2.24, 2.45) is 0 Å². The van der Waals surface area contributed by atoms with Crippen LogP contribution in [0.1, 0.15) is 75.2 Å². The van der Waals surface area contributed by atoms with Crippen LogP contribution in [-0.4, -0.2) is 25.8 Å². The van der Waals surface area contributed by atoms with Crippen LogP contribution in [0.2, 0.25) is 0 Å². The third-order valence-electron chi connectivity index (χ3n) is 3.79. The summed E-state index contributed by atoms with van der Waals surface area (Å²) in [7, 11) is -3.83. The molecule has 27 heavy (non-hydrogen) atoms. The van der Waals surface area contributed by atoms with Crippen molar-refractivity contribution in [3.63, 3.8) is 0 Å². The summed E-state index contributed by atoms with van der Waals surface area (Å²) in [4.78, 5) is 12.4. The van der Waals surface area contributed by atoms with Crippen LogP contribution in [0.4, 0.5) is 0 Å². The van der Waals surface area contributed by atoms with Gasteiger partial charge in [-0.2, -0.15) is 0 Å². The van der Waals surface area contributed by atoms with Gasteiger partial charge in [0.05, 0.1) is 19.8 Å². The molecule has 0 heterocycles. The fraction of sp³-hybridized carbons (Fsp3) is 0.650. The van der Waals surface area contributed by atoms with Crippen LogP contribution in [0.15, 0.2) is 18.2 Å². The summed E-state index contributed by atoms with van der Waals surface area (Å²) < 4.78 is 34.9. The van der Waals surface area contributed by atoms with Crippen LogP contribution < -0.4 is 4.52 Å². The van der Waals surface area contributed by atoms with E-state index in [1.807, 2.05) is 27.7 Å². The summed E-state index contributed by atoms with van der Waals surface area (Å²) in [6, 6.07) is 5.04. The first-order valence-corrected chi connectivity index (χ1v) is 11.3. The third kappa shape index (κ3) is 8.91. The van der Waals surface area contributed by atoms with E-state index < -0.39 is 13.8 Å². The number of ether oxygens (including phenoxy) is 1. The molecule has 0 unspecified atom stereocenters. The number of carbonyl (C=O) groups is 1. The summed E-state index contributed by atoms with van der Waals surface area (Å²) in [6.07, 6.45) is 4.99. The van der Waals surface area contributed by atoms with Crippen molar-refractivity contribution < 1.29 is 27.7 Å². The topological polar surface area (TPSA) is 71.1 Å². The van der Waals surface area contributed by atoms with Gasteiger partial charge < -0.3 is 9.26 Å². The molecule has 0 radical (unpaired) electrons. The molecule has 0 saturated carbocycles. The van der Waals surface area contributed by atoms with Crippen molar-refractivity contribution in [2.45, 2.75) is 66.2 Å². The van der Waals surface area contributed by atoms with Gasteiger partial charge in [0.15, 0.2) is 0 Å². The number of carbonyl (C=O) groups excluding carboxylic acids is 1. The van der Waals surface area contributed by atoms with Gasteiger partial charge in [-0.1, -0.05) is 46.1 Å². The van der Waals surface area contributed by atoms with Gasteiger partial charge in [0, 0.05) is 0 Å². The molecular formula is C20H33O6P. The summed E-state index contributed by atoms with van der Waals surface area (Å²) in [5, 5.41) is 0. The van der Waals surface area contributed by atoms with Crippen molar-refractivity contribution in [1.82, 2.24) is 0 Å². The molecule has 0 fully saturated rings. The first-order chi connectivity index (χ1) is 13.0. The normalized spacial score (nSPS) is 11.4.